The third-order valence-electron chi connectivity index (χ3n) is 3.99. The highest BCUT2D eigenvalue weighted by molar-refractivity contribution is 6.36. The van der Waals surface area contributed by atoms with Crippen molar-refractivity contribution in [3.8, 4) is 0 Å². The monoisotopic (exact) mass is 299 g/mol. The van der Waals surface area contributed by atoms with E-state index in [0.717, 1.165) is 34.6 Å². The summed E-state index contributed by atoms with van der Waals surface area (Å²) in [5.41, 5.74) is 1.27. The van der Waals surface area contributed by atoms with Crippen LogP contribution in [0.25, 0.3) is 0 Å². The van der Waals surface area contributed by atoms with Crippen molar-refractivity contribution < 1.29 is 0 Å². The van der Waals surface area contributed by atoms with Crippen LogP contribution in [0.2, 0.25) is 10.0 Å². The predicted octanol–water partition coefficient (Wildman–Crippen LogP) is 4.91. The molecule has 0 amide bonds. The summed E-state index contributed by atoms with van der Waals surface area (Å²) in [4.78, 5) is 0. The highest BCUT2D eigenvalue weighted by Gasteiger charge is 2.45. The second-order valence-corrected chi connectivity index (χ2v) is 7.23. The van der Waals surface area contributed by atoms with Crippen LogP contribution < -0.4 is 5.32 Å². The van der Waals surface area contributed by atoms with Crippen molar-refractivity contribution in [3.63, 3.8) is 0 Å². The molecule has 19 heavy (non-hydrogen) atoms. The van der Waals surface area contributed by atoms with Gasteiger partial charge in [0.15, 0.2) is 0 Å². The zero-order valence-electron chi connectivity index (χ0n) is 12.0. The van der Waals surface area contributed by atoms with E-state index in [4.69, 9.17) is 23.2 Å². The van der Waals surface area contributed by atoms with Crippen LogP contribution in [0.15, 0.2) is 18.2 Å². The van der Waals surface area contributed by atoms with Crippen LogP contribution in [0.4, 0.5) is 0 Å². The molecule has 0 unspecified atom stereocenters. The van der Waals surface area contributed by atoms with Crippen LogP contribution >= 0.6 is 23.2 Å². The van der Waals surface area contributed by atoms with Gasteiger partial charge in [0.05, 0.1) is 0 Å². The van der Waals surface area contributed by atoms with Gasteiger partial charge >= 0.3 is 0 Å². The van der Waals surface area contributed by atoms with Crippen molar-refractivity contribution in [1.82, 2.24) is 5.32 Å². The molecular weight excluding hydrogens is 277 g/mol. The van der Waals surface area contributed by atoms with Gasteiger partial charge in [0.25, 0.3) is 0 Å². The summed E-state index contributed by atoms with van der Waals surface area (Å²) in [7, 11) is 0. The van der Waals surface area contributed by atoms with Crippen LogP contribution in [0.5, 0.6) is 0 Å². The Kier molecular flexibility index (Phi) is 4.81. The van der Waals surface area contributed by atoms with E-state index in [0.29, 0.717) is 5.92 Å². The second-order valence-electron chi connectivity index (χ2n) is 6.42. The minimum absolute atomic E-state index is 0.129. The van der Waals surface area contributed by atoms with Gasteiger partial charge in [-0.3, -0.25) is 0 Å². The topological polar surface area (TPSA) is 12.0 Å². The minimum Gasteiger partial charge on any atom is -0.316 e. The SMILES string of the molecule is CC(C)CNCC1(c2c(Cl)cccc2Cl)CC(C)C1. The van der Waals surface area contributed by atoms with Crippen LogP contribution in [-0.2, 0) is 5.41 Å². The Balaban J connectivity index is 2.20. The fraction of sp³-hybridized carbons (Fsp3) is 0.625. The molecule has 2 rings (SSSR count). The average Bonchev–Trinajstić information content (AvgIpc) is 2.26. The Bertz CT molecular complexity index is 416. The molecule has 0 spiro atoms. The third-order valence-corrected chi connectivity index (χ3v) is 4.62. The molecule has 1 aliphatic rings. The molecule has 106 valence electrons. The van der Waals surface area contributed by atoms with E-state index < -0.39 is 0 Å². The molecule has 1 fully saturated rings. The van der Waals surface area contributed by atoms with Gasteiger partial charge in [-0.05, 0) is 48.9 Å². The molecule has 0 aliphatic heterocycles. The van der Waals surface area contributed by atoms with E-state index in [9.17, 15) is 0 Å². The summed E-state index contributed by atoms with van der Waals surface area (Å²) >= 11 is 12.8. The second kappa shape index (κ2) is 6.03. The first-order valence-corrected chi connectivity index (χ1v) is 7.85. The highest BCUT2D eigenvalue weighted by atomic mass is 35.5. The lowest BCUT2D eigenvalue weighted by atomic mass is 9.59. The summed E-state index contributed by atoms with van der Waals surface area (Å²) in [6, 6.07) is 5.83. The quantitative estimate of drug-likeness (QED) is 0.815. The van der Waals surface area contributed by atoms with Gasteiger partial charge in [-0.15, -0.1) is 0 Å². The summed E-state index contributed by atoms with van der Waals surface area (Å²) in [5.74, 6) is 1.42. The number of hydrogen-bond acceptors (Lipinski definition) is 1. The molecule has 1 nitrogen and oxygen atoms in total. The van der Waals surface area contributed by atoms with Crippen molar-refractivity contribution in [1.29, 1.82) is 0 Å². The van der Waals surface area contributed by atoms with E-state index in [-0.39, 0.29) is 5.41 Å². The molecule has 0 heterocycles. The van der Waals surface area contributed by atoms with Gasteiger partial charge in [0.1, 0.15) is 0 Å². The van der Waals surface area contributed by atoms with Gasteiger partial charge in [-0.2, -0.15) is 0 Å². The first-order chi connectivity index (χ1) is 8.94. The molecule has 1 aliphatic carbocycles. The van der Waals surface area contributed by atoms with E-state index in [1.165, 1.54) is 12.8 Å². The Morgan fingerprint density at radius 2 is 1.84 bits per heavy atom. The Labute approximate surface area is 126 Å². The molecule has 0 bridgehead atoms. The van der Waals surface area contributed by atoms with Gasteiger partial charge in [0.2, 0.25) is 0 Å². The Morgan fingerprint density at radius 1 is 1.26 bits per heavy atom. The predicted molar refractivity (Wildman–Crippen MR) is 84.2 cm³/mol. The molecule has 0 atom stereocenters. The van der Waals surface area contributed by atoms with Gasteiger partial charge in [-0.25, -0.2) is 0 Å². The maximum absolute atomic E-state index is 6.40. The molecule has 0 radical (unpaired) electrons. The van der Waals surface area contributed by atoms with Crippen molar-refractivity contribution in [3.05, 3.63) is 33.8 Å². The van der Waals surface area contributed by atoms with Crippen molar-refractivity contribution in [2.45, 2.75) is 39.0 Å². The zero-order valence-corrected chi connectivity index (χ0v) is 13.5. The van der Waals surface area contributed by atoms with Crippen molar-refractivity contribution >= 4 is 23.2 Å². The van der Waals surface area contributed by atoms with E-state index in [2.05, 4.69) is 26.1 Å². The number of halogens is 2. The fourth-order valence-electron chi connectivity index (χ4n) is 3.32. The fourth-order valence-corrected chi connectivity index (χ4v) is 4.11. The number of benzene rings is 1. The molecule has 1 saturated carbocycles. The number of nitrogens with one attached hydrogen (secondary N) is 1. The van der Waals surface area contributed by atoms with Crippen LogP contribution in [0.3, 0.4) is 0 Å². The van der Waals surface area contributed by atoms with Crippen LogP contribution in [0, 0.1) is 11.8 Å². The largest absolute Gasteiger partial charge is 0.316 e. The van der Waals surface area contributed by atoms with Gasteiger partial charge in [-0.1, -0.05) is 50.0 Å². The zero-order chi connectivity index (χ0) is 14.0. The average molecular weight is 300 g/mol. The molecule has 0 aromatic heterocycles. The molecule has 1 aromatic carbocycles. The molecule has 0 saturated heterocycles. The van der Waals surface area contributed by atoms with Crippen molar-refractivity contribution in [2.75, 3.05) is 13.1 Å². The summed E-state index contributed by atoms with van der Waals surface area (Å²) in [5, 5.41) is 5.21. The summed E-state index contributed by atoms with van der Waals surface area (Å²) in [6.07, 6.45) is 2.34. The first kappa shape index (κ1) is 15.2. The van der Waals surface area contributed by atoms with E-state index in [1.54, 1.807) is 0 Å². The third kappa shape index (κ3) is 3.26. The van der Waals surface area contributed by atoms with Crippen LogP contribution in [0.1, 0.15) is 39.2 Å². The summed E-state index contributed by atoms with van der Waals surface area (Å²) < 4.78 is 0. The summed E-state index contributed by atoms with van der Waals surface area (Å²) in [6.45, 7) is 8.76. The highest BCUT2D eigenvalue weighted by Crippen LogP contribution is 2.51. The Morgan fingerprint density at radius 3 is 2.32 bits per heavy atom. The normalized spacial score (nSPS) is 26.5. The molecular formula is C16H23Cl2N. The van der Waals surface area contributed by atoms with Crippen molar-refractivity contribution in [2.24, 2.45) is 11.8 Å². The number of hydrogen-bond donors (Lipinski definition) is 1. The smallest absolute Gasteiger partial charge is 0.0459 e. The van der Waals surface area contributed by atoms with E-state index >= 15 is 0 Å². The molecule has 1 N–H and O–H groups in total. The maximum Gasteiger partial charge on any atom is 0.0459 e. The molecule has 3 heteroatoms. The standard InChI is InChI=1S/C16H23Cl2N/c1-11(2)9-19-10-16(7-12(3)8-16)15-13(17)5-4-6-14(15)18/h4-6,11-12,19H,7-10H2,1-3H3. The Hall–Kier alpha value is -0.240. The lowest BCUT2D eigenvalue weighted by Gasteiger charge is -2.48. The first-order valence-electron chi connectivity index (χ1n) is 7.10. The number of rotatable bonds is 5. The van der Waals surface area contributed by atoms with Gasteiger partial charge < -0.3 is 5.32 Å². The minimum atomic E-state index is 0.129. The maximum atomic E-state index is 6.40. The lowest BCUT2D eigenvalue weighted by molar-refractivity contribution is 0.151. The lowest BCUT2D eigenvalue weighted by Crippen LogP contribution is -2.48. The van der Waals surface area contributed by atoms with Gasteiger partial charge in [0, 0.05) is 22.0 Å². The van der Waals surface area contributed by atoms with Crippen LogP contribution in [-0.4, -0.2) is 13.1 Å². The molecule has 1 aromatic rings. The van der Waals surface area contributed by atoms with E-state index in [1.807, 2.05) is 18.2 Å².